The molecule has 2 aromatic heterocycles. The minimum absolute atomic E-state index is 0.265. The Balaban J connectivity index is 1.69. The zero-order chi connectivity index (χ0) is 16.5. The molecule has 24 heavy (non-hydrogen) atoms. The summed E-state index contributed by atoms with van der Waals surface area (Å²) in [4.78, 5) is 4.38. The molecule has 0 atom stereocenters. The molecule has 0 saturated heterocycles. The van der Waals surface area contributed by atoms with Crippen LogP contribution in [0, 0.1) is 11.6 Å². The molecule has 2 heterocycles. The number of nitrogens with zero attached hydrogens (tertiary/aromatic N) is 2. The average Bonchev–Trinajstić information content (AvgIpc) is 3.01. The van der Waals surface area contributed by atoms with Crippen LogP contribution < -0.4 is 4.57 Å². The molecule has 5 heteroatoms. The Bertz CT molecular complexity index is 1010. The van der Waals surface area contributed by atoms with Crippen molar-refractivity contribution in [1.29, 1.82) is 0 Å². The van der Waals surface area contributed by atoms with Crippen molar-refractivity contribution in [1.82, 2.24) is 4.98 Å². The SMILES string of the molecule is Fc1ccc(-c2nc3c[n+](Cc4ccccc4)ccc3o2)cc1F. The molecule has 2 aromatic carbocycles. The van der Waals surface area contributed by atoms with Gasteiger partial charge in [-0.2, -0.15) is 4.57 Å². The minimum Gasteiger partial charge on any atom is -0.436 e. The molecular formula is C19H13F2N2O+. The van der Waals surface area contributed by atoms with E-state index in [1.807, 2.05) is 53.4 Å². The van der Waals surface area contributed by atoms with Crippen LogP contribution in [0.25, 0.3) is 22.6 Å². The summed E-state index contributed by atoms with van der Waals surface area (Å²) < 4.78 is 34.1. The lowest BCUT2D eigenvalue weighted by molar-refractivity contribution is -0.687. The van der Waals surface area contributed by atoms with Crippen LogP contribution in [0.4, 0.5) is 8.78 Å². The minimum atomic E-state index is -0.922. The predicted molar refractivity (Wildman–Crippen MR) is 85.1 cm³/mol. The van der Waals surface area contributed by atoms with Crippen LogP contribution in [0.15, 0.2) is 71.4 Å². The van der Waals surface area contributed by atoms with Crippen molar-refractivity contribution in [3.05, 3.63) is 84.2 Å². The van der Waals surface area contributed by atoms with Crippen molar-refractivity contribution in [2.45, 2.75) is 6.54 Å². The Morgan fingerprint density at radius 1 is 0.958 bits per heavy atom. The summed E-state index contributed by atoms with van der Waals surface area (Å²) in [5.74, 6) is -1.55. The molecule has 0 amide bonds. The molecule has 118 valence electrons. The van der Waals surface area contributed by atoms with E-state index in [4.69, 9.17) is 4.42 Å². The fourth-order valence-electron chi connectivity index (χ4n) is 2.56. The Morgan fingerprint density at radius 2 is 1.79 bits per heavy atom. The van der Waals surface area contributed by atoms with Gasteiger partial charge in [0.05, 0.1) is 0 Å². The number of benzene rings is 2. The first kappa shape index (κ1) is 14.5. The van der Waals surface area contributed by atoms with Crippen molar-refractivity contribution < 1.29 is 17.8 Å². The van der Waals surface area contributed by atoms with E-state index in [0.717, 1.165) is 12.1 Å². The number of oxazole rings is 1. The van der Waals surface area contributed by atoms with Crippen LogP contribution in [0.5, 0.6) is 0 Å². The quantitative estimate of drug-likeness (QED) is 0.531. The number of hydrogen-bond acceptors (Lipinski definition) is 2. The molecule has 0 bridgehead atoms. The summed E-state index contributed by atoms with van der Waals surface area (Å²) in [5.41, 5.74) is 2.83. The molecule has 0 saturated carbocycles. The second-order valence-electron chi connectivity index (χ2n) is 5.50. The predicted octanol–water partition coefficient (Wildman–Crippen LogP) is 4.11. The van der Waals surface area contributed by atoms with Crippen LogP contribution in [0.3, 0.4) is 0 Å². The zero-order valence-corrected chi connectivity index (χ0v) is 12.6. The maximum atomic E-state index is 13.4. The molecule has 0 spiro atoms. The highest BCUT2D eigenvalue weighted by molar-refractivity contribution is 5.74. The summed E-state index contributed by atoms with van der Waals surface area (Å²) in [6.07, 6.45) is 3.77. The van der Waals surface area contributed by atoms with Crippen molar-refractivity contribution in [3.8, 4) is 11.5 Å². The third-order valence-electron chi connectivity index (χ3n) is 3.76. The van der Waals surface area contributed by atoms with Crippen LogP contribution in [-0.2, 0) is 6.54 Å². The summed E-state index contributed by atoms with van der Waals surface area (Å²) in [5, 5.41) is 0. The lowest BCUT2D eigenvalue weighted by atomic mass is 10.2. The Labute approximate surface area is 136 Å². The van der Waals surface area contributed by atoms with Gasteiger partial charge >= 0.3 is 0 Å². The highest BCUT2D eigenvalue weighted by atomic mass is 19.2. The van der Waals surface area contributed by atoms with Crippen LogP contribution >= 0.6 is 0 Å². The fraction of sp³-hybridized carbons (Fsp3) is 0.0526. The smallest absolute Gasteiger partial charge is 0.227 e. The Morgan fingerprint density at radius 3 is 2.58 bits per heavy atom. The van der Waals surface area contributed by atoms with Crippen LogP contribution in [-0.4, -0.2) is 4.98 Å². The number of halogens is 2. The molecule has 0 aliphatic rings. The highest BCUT2D eigenvalue weighted by Gasteiger charge is 2.14. The van der Waals surface area contributed by atoms with E-state index < -0.39 is 11.6 Å². The second kappa shape index (κ2) is 5.85. The highest BCUT2D eigenvalue weighted by Crippen LogP contribution is 2.24. The summed E-state index contributed by atoms with van der Waals surface area (Å²) >= 11 is 0. The molecule has 0 N–H and O–H groups in total. The van der Waals surface area contributed by atoms with E-state index in [9.17, 15) is 8.78 Å². The molecular weight excluding hydrogens is 310 g/mol. The number of rotatable bonds is 3. The van der Waals surface area contributed by atoms with Crippen molar-refractivity contribution in [2.24, 2.45) is 0 Å². The maximum absolute atomic E-state index is 13.4. The van der Waals surface area contributed by atoms with E-state index in [-0.39, 0.29) is 5.89 Å². The standard InChI is InChI=1S/C19H13F2N2O/c20-15-7-6-14(10-16(15)21)19-22-17-12-23(9-8-18(17)24-19)11-13-4-2-1-3-5-13/h1-10,12H,11H2/q+1. The molecule has 0 radical (unpaired) electrons. The largest absolute Gasteiger partial charge is 0.436 e. The van der Waals surface area contributed by atoms with E-state index in [1.54, 1.807) is 0 Å². The van der Waals surface area contributed by atoms with E-state index in [0.29, 0.717) is 23.2 Å². The topological polar surface area (TPSA) is 29.9 Å². The normalized spacial score (nSPS) is 11.1. The molecule has 4 aromatic rings. The zero-order valence-electron chi connectivity index (χ0n) is 12.6. The molecule has 0 aliphatic heterocycles. The third-order valence-corrected chi connectivity index (χ3v) is 3.76. The van der Waals surface area contributed by atoms with Gasteiger partial charge in [0.2, 0.25) is 5.89 Å². The lowest BCUT2D eigenvalue weighted by Crippen LogP contribution is -2.33. The number of hydrogen-bond donors (Lipinski definition) is 0. The van der Waals surface area contributed by atoms with Gasteiger partial charge in [0.25, 0.3) is 0 Å². The van der Waals surface area contributed by atoms with Gasteiger partial charge in [-0.15, -0.1) is 0 Å². The van der Waals surface area contributed by atoms with Crippen molar-refractivity contribution in [3.63, 3.8) is 0 Å². The first-order chi connectivity index (χ1) is 11.7. The summed E-state index contributed by atoms with van der Waals surface area (Å²) in [6, 6.07) is 15.5. The summed E-state index contributed by atoms with van der Waals surface area (Å²) in [7, 11) is 0. The molecule has 0 fully saturated rings. The van der Waals surface area contributed by atoms with E-state index >= 15 is 0 Å². The number of aromatic nitrogens is 2. The van der Waals surface area contributed by atoms with Crippen LogP contribution in [0.1, 0.15) is 5.56 Å². The van der Waals surface area contributed by atoms with Gasteiger partial charge in [0, 0.05) is 17.2 Å². The Hall–Kier alpha value is -3.08. The number of pyridine rings is 1. The van der Waals surface area contributed by atoms with Gasteiger partial charge < -0.3 is 4.42 Å². The molecule has 0 unspecified atom stereocenters. The summed E-state index contributed by atoms with van der Waals surface area (Å²) in [6.45, 7) is 0.712. The van der Waals surface area contributed by atoms with Gasteiger partial charge in [-0.3, -0.25) is 0 Å². The fourth-order valence-corrected chi connectivity index (χ4v) is 2.56. The van der Waals surface area contributed by atoms with Gasteiger partial charge in [-0.25, -0.2) is 13.8 Å². The molecule has 4 rings (SSSR count). The first-order valence-electron chi connectivity index (χ1n) is 7.48. The second-order valence-corrected chi connectivity index (χ2v) is 5.50. The molecule has 0 aliphatic carbocycles. The van der Waals surface area contributed by atoms with Crippen molar-refractivity contribution in [2.75, 3.05) is 0 Å². The van der Waals surface area contributed by atoms with Gasteiger partial charge in [-0.1, -0.05) is 30.3 Å². The third kappa shape index (κ3) is 2.76. The van der Waals surface area contributed by atoms with Gasteiger partial charge in [0.15, 0.2) is 41.7 Å². The van der Waals surface area contributed by atoms with Gasteiger partial charge in [-0.05, 0) is 18.2 Å². The van der Waals surface area contributed by atoms with E-state index in [2.05, 4.69) is 4.98 Å². The monoisotopic (exact) mass is 323 g/mol. The number of fused-ring (bicyclic) bond motifs is 1. The maximum Gasteiger partial charge on any atom is 0.227 e. The lowest BCUT2D eigenvalue weighted by Gasteiger charge is -1.96. The van der Waals surface area contributed by atoms with Crippen LogP contribution in [0.2, 0.25) is 0 Å². The molecule has 3 nitrogen and oxygen atoms in total. The van der Waals surface area contributed by atoms with E-state index in [1.165, 1.54) is 11.6 Å². The van der Waals surface area contributed by atoms with Crippen molar-refractivity contribution >= 4 is 11.1 Å². The van der Waals surface area contributed by atoms with Gasteiger partial charge in [0.1, 0.15) is 0 Å². The Kier molecular flexibility index (Phi) is 3.54. The first-order valence-corrected chi connectivity index (χ1v) is 7.48. The average molecular weight is 323 g/mol.